The molecule has 0 amide bonds. The molecule has 0 radical (unpaired) electrons. The summed E-state index contributed by atoms with van der Waals surface area (Å²) in [5.41, 5.74) is 0. The smallest absolute Gasteiger partial charge is 0.207 e. The average molecular weight is 148 g/mol. The number of hydrogen-bond donors (Lipinski definition) is 0. The van der Waals surface area contributed by atoms with Crippen LogP contribution in [-0.2, 0) is 0 Å². The first-order valence-corrected chi connectivity index (χ1v) is 3.90. The standard InChI is InChI=1S/C8H14F2/c1-6(2)3-4-7-5-8(7,9)10/h6-7H,3-5H2,1-2H3/t7-/m1/s1. The molecular weight excluding hydrogens is 134 g/mol. The van der Waals surface area contributed by atoms with E-state index in [0.29, 0.717) is 12.3 Å². The molecule has 0 spiro atoms. The van der Waals surface area contributed by atoms with Gasteiger partial charge in [-0.3, -0.25) is 0 Å². The van der Waals surface area contributed by atoms with Gasteiger partial charge < -0.3 is 0 Å². The van der Waals surface area contributed by atoms with Crippen molar-refractivity contribution in [3.05, 3.63) is 0 Å². The van der Waals surface area contributed by atoms with E-state index in [4.69, 9.17) is 0 Å². The summed E-state index contributed by atoms with van der Waals surface area (Å²) < 4.78 is 24.5. The first kappa shape index (κ1) is 7.96. The summed E-state index contributed by atoms with van der Waals surface area (Å²) in [4.78, 5) is 0. The zero-order valence-corrected chi connectivity index (χ0v) is 6.53. The fourth-order valence-corrected chi connectivity index (χ4v) is 1.12. The van der Waals surface area contributed by atoms with E-state index >= 15 is 0 Å². The van der Waals surface area contributed by atoms with E-state index in [2.05, 4.69) is 13.8 Å². The maximum atomic E-state index is 12.2. The predicted octanol–water partition coefficient (Wildman–Crippen LogP) is 3.08. The highest BCUT2D eigenvalue weighted by atomic mass is 19.3. The van der Waals surface area contributed by atoms with E-state index in [-0.39, 0.29) is 12.3 Å². The maximum absolute atomic E-state index is 12.2. The van der Waals surface area contributed by atoms with E-state index in [0.717, 1.165) is 6.42 Å². The lowest BCUT2D eigenvalue weighted by Crippen LogP contribution is -1.95. The van der Waals surface area contributed by atoms with Crippen LogP contribution < -0.4 is 0 Å². The number of halogens is 2. The lowest BCUT2D eigenvalue weighted by molar-refractivity contribution is 0.0958. The van der Waals surface area contributed by atoms with Gasteiger partial charge in [0, 0.05) is 12.3 Å². The molecule has 0 N–H and O–H groups in total. The van der Waals surface area contributed by atoms with Crippen LogP contribution in [0, 0.1) is 11.8 Å². The predicted molar refractivity (Wildman–Crippen MR) is 37.1 cm³/mol. The average Bonchev–Trinajstić information content (AvgIpc) is 2.35. The third-order valence-electron chi connectivity index (χ3n) is 2.05. The minimum atomic E-state index is -2.30. The van der Waals surface area contributed by atoms with Crippen molar-refractivity contribution < 1.29 is 8.78 Å². The van der Waals surface area contributed by atoms with Gasteiger partial charge in [0.25, 0.3) is 5.92 Å². The third kappa shape index (κ3) is 1.93. The van der Waals surface area contributed by atoms with Gasteiger partial charge in [-0.15, -0.1) is 0 Å². The first-order valence-electron chi connectivity index (χ1n) is 3.90. The van der Waals surface area contributed by atoms with Crippen LogP contribution in [0.2, 0.25) is 0 Å². The van der Waals surface area contributed by atoms with Crippen molar-refractivity contribution in [1.29, 1.82) is 0 Å². The molecule has 1 atom stereocenters. The van der Waals surface area contributed by atoms with E-state index in [9.17, 15) is 8.78 Å². The van der Waals surface area contributed by atoms with E-state index in [1.807, 2.05) is 0 Å². The Balaban J connectivity index is 2.07. The van der Waals surface area contributed by atoms with Gasteiger partial charge in [0.1, 0.15) is 0 Å². The van der Waals surface area contributed by atoms with Crippen LogP contribution in [0.4, 0.5) is 8.78 Å². The van der Waals surface area contributed by atoms with Crippen molar-refractivity contribution in [3.8, 4) is 0 Å². The second-order valence-electron chi connectivity index (χ2n) is 3.63. The first-order chi connectivity index (χ1) is 4.52. The molecule has 0 bridgehead atoms. The van der Waals surface area contributed by atoms with Crippen LogP contribution >= 0.6 is 0 Å². The van der Waals surface area contributed by atoms with Gasteiger partial charge in [-0.2, -0.15) is 0 Å². The summed E-state index contributed by atoms with van der Waals surface area (Å²) in [5, 5.41) is 0. The molecule has 0 aromatic rings. The molecule has 1 rings (SSSR count). The molecule has 0 nitrogen and oxygen atoms in total. The molecule has 1 fully saturated rings. The van der Waals surface area contributed by atoms with E-state index in [1.165, 1.54) is 0 Å². The Kier molecular flexibility index (Phi) is 1.97. The monoisotopic (exact) mass is 148 g/mol. The van der Waals surface area contributed by atoms with Crippen molar-refractivity contribution in [1.82, 2.24) is 0 Å². The Morgan fingerprint density at radius 3 is 2.30 bits per heavy atom. The Morgan fingerprint density at radius 2 is 2.00 bits per heavy atom. The minimum Gasteiger partial charge on any atom is -0.207 e. The highest BCUT2D eigenvalue weighted by molar-refractivity contribution is 4.94. The van der Waals surface area contributed by atoms with Crippen molar-refractivity contribution in [2.24, 2.45) is 11.8 Å². The molecule has 1 aliphatic carbocycles. The summed E-state index contributed by atoms with van der Waals surface area (Å²) in [6.45, 7) is 4.14. The summed E-state index contributed by atoms with van der Waals surface area (Å²) in [7, 11) is 0. The van der Waals surface area contributed by atoms with Crippen LogP contribution in [0.3, 0.4) is 0 Å². The summed E-state index contributed by atoms with van der Waals surface area (Å²) in [5.74, 6) is -2.01. The zero-order valence-electron chi connectivity index (χ0n) is 6.53. The molecule has 60 valence electrons. The molecule has 10 heavy (non-hydrogen) atoms. The second-order valence-corrected chi connectivity index (χ2v) is 3.63. The second kappa shape index (κ2) is 2.48. The number of rotatable bonds is 3. The van der Waals surface area contributed by atoms with Crippen molar-refractivity contribution in [3.63, 3.8) is 0 Å². The zero-order chi connectivity index (χ0) is 7.78. The Hall–Kier alpha value is -0.140. The summed E-state index contributed by atoms with van der Waals surface area (Å²) in [6.07, 6.45) is 1.80. The van der Waals surface area contributed by atoms with Gasteiger partial charge in [0.2, 0.25) is 0 Å². The lowest BCUT2D eigenvalue weighted by atomic mass is 10.1. The molecule has 0 unspecified atom stereocenters. The van der Waals surface area contributed by atoms with Crippen LogP contribution in [0.25, 0.3) is 0 Å². The molecular formula is C8H14F2. The fourth-order valence-electron chi connectivity index (χ4n) is 1.12. The minimum absolute atomic E-state index is 0.139. The van der Waals surface area contributed by atoms with Gasteiger partial charge >= 0.3 is 0 Å². The molecule has 1 aliphatic rings. The van der Waals surface area contributed by atoms with Crippen molar-refractivity contribution in [2.75, 3.05) is 0 Å². The SMILES string of the molecule is CC(C)CC[C@@H]1CC1(F)F. The van der Waals surface area contributed by atoms with Gasteiger partial charge in [0.15, 0.2) is 0 Å². The van der Waals surface area contributed by atoms with E-state index in [1.54, 1.807) is 0 Å². The molecule has 0 aromatic carbocycles. The summed E-state index contributed by atoms with van der Waals surface area (Å²) >= 11 is 0. The maximum Gasteiger partial charge on any atom is 0.251 e. The Bertz CT molecular complexity index is 118. The van der Waals surface area contributed by atoms with Gasteiger partial charge in [-0.1, -0.05) is 20.3 Å². The molecule has 2 heteroatoms. The van der Waals surface area contributed by atoms with Gasteiger partial charge in [0.05, 0.1) is 0 Å². The largest absolute Gasteiger partial charge is 0.251 e. The number of hydrogen-bond acceptors (Lipinski definition) is 0. The summed E-state index contributed by atoms with van der Waals surface area (Å²) in [6, 6.07) is 0. The normalized spacial score (nSPS) is 29.1. The highest BCUT2D eigenvalue weighted by Crippen LogP contribution is 2.51. The highest BCUT2D eigenvalue weighted by Gasteiger charge is 2.55. The fraction of sp³-hybridized carbons (Fsp3) is 1.00. The lowest BCUT2D eigenvalue weighted by Gasteiger charge is -2.01. The molecule has 1 saturated carbocycles. The van der Waals surface area contributed by atoms with E-state index < -0.39 is 5.92 Å². The van der Waals surface area contributed by atoms with Crippen LogP contribution in [0.15, 0.2) is 0 Å². The van der Waals surface area contributed by atoms with Gasteiger partial charge in [-0.05, 0) is 12.3 Å². The van der Waals surface area contributed by atoms with Crippen LogP contribution in [0.1, 0.15) is 33.1 Å². The molecule has 0 aromatic heterocycles. The molecule has 0 heterocycles. The Morgan fingerprint density at radius 1 is 1.50 bits per heavy atom. The quantitative estimate of drug-likeness (QED) is 0.577. The van der Waals surface area contributed by atoms with Crippen LogP contribution in [0.5, 0.6) is 0 Å². The Labute approximate surface area is 60.6 Å². The third-order valence-corrected chi connectivity index (χ3v) is 2.05. The molecule has 0 saturated heterocycles. The molecule has 0 aliphatic heterocycles. The van der Waals surface area contributed by atoms with Crippen LogP contribution in [-0.4, -0.2) is 5.92 Å². The number of alkyl halides is 2. The topological polar surface area (TPSA) is 0 Å². The van der Waals surface area contributed by atoms with Crippen molar-refractivity contribution in [2.45, 2.75) is 39.0 Å². The van der Waals surface area contributed by atoms with Crippen molar-refractivity contribution >= 4 is 0 Å². The van der Waals surface area contributed by atoms with Gasteiger partial charge in [-0.25, -0.2) is 8.78 Å².